The Labute approximate surface area is 285 Å². The third-order valence-electron chi connectivity index (χ3n) is 5.36. The van der Waals surface area contributed by atoms with Crippen molar-refractivity contribution >= 4 is 85.8 Å². The highest BCUT2D eigenvalue weighted by Crippen LogP contribution is 2.43. The van der Waals surface area contributed by atoms with Crippen LogP contribution in [-0.2, 0) is 0 Å². The van der Waals surface area contributed by atoms with Gasteiger partial charge in [-0.15, -0.1) is 0 Å². The highest BCUT2D eigenvalue weighted by molar-refractivity contribution is 9.15. The molecule has 0 unspecified atom stereocenters. The van der Waals surface area contributed by atoms with Gasteiger partial charge in [0.05, 0.1) is 31.2 Å². The Balaban J connectivity index is 2.85. The molecule has 0 aliphatic rings. The summed E-state index contributed by atoms with van der Waals surface area (Å²) in [6.07, 6.45) is 0. The van der Waals surface area contributed by atoms with E-state index in [1.54, 1.807) is 0 Å². The average Bonchev–Trinajstić information content (AvgIpc) is 2.83. The van der Waals surface area contributed by atoms with Gasteiger partial charge in [0.25, 0.3) is 0 Å². The van der Waals surface area contributed by atoms with Gasteiger partial charge in [-0.1, -0.05) is 47.4 Å². The standard InChI is InChI=1S/C36H36Br4N2/c1-33(2,3)17-13-21-22(14-18-34(4,5)6)24(16-20-36(10,11)12)30-29(23(21)15-19-35(7,8)9)41-31-27(39)25(37)26(38)28(40)32(31)42-30/h1-12H3. The Morgan fingerprint density at radius 2 is 0.595 bits per heavy atom. The topological polar surface area (TPSA) is 25.8 Å². The maximum Gasteiger partial charge on any atom is 0.108 e. The van der Waals surface area contributed by atoms with Crippen LogP contribution in [0.25, 0.3) is 22.1 Å². The molecule has 2 aromatic carbocycles. The monoisotopic (exact) mass is 812 g/mol. The zero-order valence-electron chi connectivity index (χ0n) is 26.4. The number of nitrogens with zero attached hydrogens (tertiary/aromatic N) is 2. The number of halogens is 4. The van der Waals surface area contributed by atoms with Crippen molar-refractivity contribution in [3.8, 4) is 47.4 Å². The van der Waals surface area contributed by atoms with Crippen LogP contribution in [0.5, 0.6) is 0 Å². The van der Waals surface area contributed by atoms with Gasteiger partial charge in [0.1, 0.15) is 22.1 Å². The van der Waals surface area contributed by atoms with E-state index in [4.69, 9.17) is 9.97 Å². The molecular weight excluding hydrogens is 780 g/mol. The third-order valence-corrected chi connectivity index (χ3v) is 10.1. The molecule has 6 heteroatoms. The molecule has 0 spiro atoms. The number of benzene rings is 2. The summed E-state index contributed by atoms with van der Waals surface area (Å²) in [6, 6.07) is 0. The molecule has 0 fully saturated rings. The van der Waals surface area contributed by atoms with Crippen LogP contribution in [0.3, 0.4) is 0 Å². The summed E-state index contributed by atoms with van der Waals surface area (Å²) in [5.74, 6) is 27.7. The largest absolute Gasteiger partial charge is 0.242 e. The summed E-state index contributed by atoms with van der Waals surface area (Å²) in [5, 5.41) is 0. The van der Waals surface area contributed by atoms with Gasteiger partial charge < -0.3 is 0 Å². The van der Waals surface area contributed by atoms with Gasteiger partial charge in [-0.3, -0.25) is 0 Å². The van der Waals surface area contributed by atoms with E-state index < -0.39 is 0 Å². The molecule has 1 heterocycles. The van der Waals surface area contributed by atoms with E-state index in [0.717, 1.165) is 29.0 Å². The van der Waals surface area contributed by atoms with Gasteiger partial charge in [0.15, 0.2) is 0 Å². The Hall–Kier alpha value is -1.80. The number of aromatic nitrogens is 2. The molecule has 0 radical (unpaired) electrons. The van der Waals surface area contributed by atoms with Crippen LogP contribution in [0.1, 0.15) is 105 Å². The Bertz CT molecular complexity index is 1720. The fourth-order valence-corrected chi connectivity index (χ4v) is 5.72. The summed E-state index contributed by atoms with van der Waals surface area (Å²) >= 11 is 14.9. The molecule has 1 aromatic heterocycles. The van der Waals surface area contributed by atoms with Crippen LogP contribution in [-0.4, -0.2) is 9.97 Å². The second-order valence-corrected chi connectivity index (χ2v) is 17.5. The van der Waals surface area contributed by atoms with E-state index in [1.165, 1.54) is 0 Å². The molecule has 0 saturated heterocycles. The molecule has 0 bridgehead atoms. The predicted molar refractivity (Wildman–Crippen MR) is 193 cm³/mol. The molecule has 218 valence electrons. The predicted octanol–water partition coefficient (Wildman–Crippen LogP) is 11.4. The molecule has 0 atom stereocenters. The quantitative estimate of drug-likeness (QED) is 0.0978. The lowest BCUT2D eigenvalue weighted by atomic mass is 9.88. The lowest BCUT2D eigenvalue weighted by Crippen LogP contribution is -2.07. The first-order valence-electron chi connectivity index (χ1n) is 13.7. The van der Waals surface area contributed by atoms with Gasteiger partial charge in [0, 0.05) is 30.6 Å². The minimum Gasteiger partial charge on any atom is -0.242 e. The van der Waals surface area contributed by atoms with E-state index >= 15 is 0 Å². The van der Waals surface area contributed by atoms with Crippen LogP contribution < -0.4 is 0 Å². The van der Waals surface area contributed by atoms with Gasteiger partial charge in [0.2, 0.25) is 0 Å². The van der Waals surface area contributed by atoms with Crippen molar-refractivity contribution < 1.29 is 0 Å². The first-order chi connectivity index (χ1) is 19.0. The molecule has 0 aliphatic heterocycles. The maximum absolute atomic E-state index is 5.22. The molecule has 0 amide bonds. The average molecular weight is 816 g/mol. The van der Waals surface area contributed by atoms with Crippen molar-refractivity contribution in [3.63, 3.8) is 0 Å². The SMILES string of the molecule is CC(C)(C)C#Cc1c(C#CC(C)(C)C)c(C#CC(C)(C)C)c2nc3c(Br)c(Br)c(Br)c(Br)c3nc2c1C#CC(C)(C)C. The van der Waals surface area contributed by atoms with Crippen molar-refractivity contribution in [2.75, 3.05) is 0 Å². The van der Waals surface area contributed by atoms with Crippen molar-refractivity contribution in [3.05, 3.63) is 40.1 Å². The summed E-state index contributed by atoms with van der Waals surface area (Å²) in [7, 11) is 0. The number of hydrogen-bond acceptors (Lipinski definition) is 2. The minimum atomic E-state index is -0.245. The molecule has 0 aliphatic carbocycles. The minimum absolute atomic E-state index is 0.240. The molecule has 3 rings (SSSR count). The fraction of sp³-hybridized carbons (Fsp3) is 0.444. The van der Waals surface area contributed by atoms with Crippen LogP contribution in [0.4, 0.5) is 0 Å². The van der Waals surface area contributed by atoms with Crippen molar-refractivity contribution in [2.24, 2.45) is 21.7 Å². The molecule has 0 saturated carbocycles. The molecule has 2 nitrogen and oxygen atoms in total. The van der Waals surface area contributed by atoms with E-state index in [9.17, 15) is 0 Å². The number of fused-ring (bicyclic) bond motifs is 2. The number of hydrogen-bond donors (Lipinski definition) is 0. The van der Waals surface area contributed by atoms with E-state index in [-0.39, 0.29) is 21.7 Å². The van der Waals surface area contributed by atoms with Gasteiger partial charge in [-0.05, 0) is 147 Å². The zero-order valence-corrected chi connectivity index (χ0v) is 32.8. The summed E-state index contributed by atoms with van der Waals surface area (Å²) < 4.78 is 3.26. The smallest absolute Gasteiger partial charge is 0.108 e. The summed E-state index contributed by atoms with van der Waals surface area (Å²) in [4.78, 5) is 10.4. The summed E-state index contributed by atoms with van der Waals surface area (Å²) in [5.41, 5.74) is 4.63. The Morgan fingerprint density at radius 1 is 0.357 bits per heavy atom. The van der Waals surface area contributed by atoms with E-state index in [2.05, 4.69) is 194 Å². The number of rotatable bonds is 0. The maximum atomic E-state index is 5.22. The van der Waals surface area contributed by atoms with Gasteiger partial charge >= 0.3 is 0 Å². The fourth-order valence-electron chi connectivity index (χ4n) is 3.47. The van der Waals surface area contributed by atoms with Crippen LogP contribution in [0, 0.1) is 69.0 Å². The van der Waals surface area contributed by atoms with Gasteiger partial charge in [-0.2, -0.15) is 0 Å². The van der Waals surface area contributed by atoms with Gasteiger partial charge in [-0.25, -0.2) is 9.97 Å². The summed E-state index contributed by atoms with van der Waals surface area (Å²) in [6.45, 7) is 25.1. The van der Waals surface area contributed by atoms with Crippen molar-refractivity contribution in [2.45, 2.75) is 83.1 Å². The van der Waals surface area contributed by atoms with Crippen molar-refractivity contribution in [1.29, 1.82) is 0 Å². The van der Waals surface area contributed by atoms with Crippen LogP contribution >= 0.6 is 63.7 Å². The second kappa shape index (κ2) is 12.3. The normalized spacial score (nSPS) is 12.0. The first kappa shape index (κ1) is 34.7. The second-order valence-electron chi connectivity index (χ2n) is 14.4. The zero-order chi connectivity index (χ0) is 32.0. The highest BCUT2D eigenvalue weighted by Gasteiger charge is 2.24. The highest BCUT2D eigenvalue weighted by atomic mass is 79.9. The van der Waals surface area contributed by atoms with Crippen molar-refractivity contribution in [1.82, 2.24) is 9.97 Å². The lowest BCUT2D eigenvalue weighted by molar-refractivity contribution is 0.570. The molecular formula is C36H36Br4N2. The molecule has 42 heavy (non-hydrogen) atoms. The first-order valence-corrected chi connectivity index (χ1v) is 16.8. The third kappa shape index (κ3) is 8.64. The van der Waals surface area contributed by atoms with Crippen LogP contribution in [0.2, 0.25) is 0 Å². The molecule has 0 N–H and O–H groups in total. The van der Waals surface area contributed by atoms with Crippen LogP contribution in [0.15, 0.2) is 17.9 Å². The van der Waals surface area contributed by atoms with E-state index in [1.807, 2.05) is 0 Å². The molecule has 3 aromatic rings. The van der Waals surface area contributed by atoms with E-state index in [0.29, 0.717) is 33.2 Å². The Morgan fingerprint density at radius 3 is 0.833 bits per heavy atom. The Kier molecular flexibility index (Phi) is 10.2. The lowest BCUT2D eigenvalue weighted by Gasteiger charge is -2.16.